The standard InChI is InChI=1S/C16H11Cl2N3O/c17-9-2-4-15(22)13(7-9)16(21-19)12-5-6-20-14-8-10(18)1-3-11(12)14/h1-8,22H,19H2/b21-16-. The summed E-state index contributed by atoms with van der Waals surface area (Å²) in [6.07, 6.45) is 1.64. The number of nitrogens with two attached hydrogens (primary N) is 1. The van der Waals surface area contributed by atoms with Crippen LogP contribution >= 0.6 is 23.2 Å². The van der Waals surface area contributed by atoms with Crippen molar-refractivity contribution in [2.75, 3.05) is 0 Å². The minimum absolute atomic E-state index is 0.0486. The van der Waals surface area contributed by atoms with Crippen LogP contribution in [-0.4, -0.2) is 15.8 Å². The maximum Gasteiger partial charge on any atom is 0.125 e. The van der Waals surface area contributed by atoms with Gasteiger partial charge in [-0.05, 0) is 36.4 Å². The van der Waals surface area contributed by atoms with Gasteiger partial charge in [0.1, 0.15) is 11.5 Å². The number of fused-ring (bicyclic) bond motifs is 1. The van der Waals surface area contributed by atoms with E-state index in [0.29, 0.717) is 26.8 Å². The number of aromatic nitrogens is 1. The molecule has 2 aromatic carbocycles. The van der Waals surface area contributed by atoms with E-state index in [1.54, 1.807) is 36.5 Å². The average molecular weight is 332 g/mol. The van der Waals surface area contributed by atoms with Crippen LogP contribution in [0, 0.1) is 0 Å². The summed E-state index contributed by atoms with van der Waals surface area (Å²) in [6, 6.07) is 11.9. The second-order valence-electron chi connectivity index (χ2n) is 4.66. The fourth-order valence-electron chi connectivity index (χ4n) is 2.31. The molecule has 6 heteroatoms. The first-order valence-electron chi connectivity index (χ1n) is 6.41. The molecule has 3 N–H and O–H groups in total. The number of hydrogen-bond acceptors (Lipinski definition) is 4. The third-order valence-electron chi connectivity index (χ3n) is 3.30. The predicted octanol–water partition coefficient (Wildman–Crippen LogP) is 3.96. The van der Waals surface area contributed by atoms with Gasteiger partial charge in [0, 0.05) is 32.8 Å². The van der Waals surface area contributed by atoms with Crippen LogP contribution in [0.4, 0.5) is 0 Å². The second-order valence-corrected chi connectivity index (χ2v) is 5.53. The van der Waals surface area contributed by atoms with Gasteiger partial charge in [-0.15, -0.1) is 0 Å². The van der Waals surface area contributed by atoms with Crippen LogP contribution in [0.1, 0.15) is 11.1 Å². The number of aromatic hydroxyl groups is 1. The van der Waals surface area contributed by atoms with Gasteiger partial charge in [0.25, 0.3) is 0 Å². The number of phenols is 1. The molecule has 1 heterocycles. The van der Waals surface area contributed by atoms with E-state index in [-0.39, 0.29) is 5.75 Å². The lowest BCUT2D eigenvalue weighted by atomic mass is 9.98. The van der Waals surface area contributed by atoms with E-state index < -0.39 is 0 Å². The van der Waals surface area contributed by atoms with Gasteiger partial charge in [0.2, 0.25) is 0 Å². The molecule has 0 atom stereocenters. The van der Waals surface area contributed by atoms with Crippen LogP contribution < -0.4 is 5.84 Å². The van der Waals surface area contributed by atoms with E-state index in [2.05, 4.69) is 10.1 Å². The quantitative estimate of drug-likeness (QED) is 0.424. The normalized spacial score (nSPS) is 11.8. The van der Waals surface area contributed by atoms with Crippen molar-refractivity contribution >= 4 is 39.8 Å². The SMILES string of the molecule is N/N=C(\c1cc(Cl)ccc1O)c1ccnc2cc(Cl)ccc12. The third kappa shape index (κ3) is 2.58. The van der Waals surface area contributed by atoms with Crippen molar-refractivity contribution in [1.29, 1.82) is 0 Å². The summed E-state index contributed by atoms with van der Waals surface area (Å²) in [5.41, 5.74) is 2.33. The van der Waals surface area contributed by atoms with Crippen molar-refractivity contribution in [3.8, 4) is 5.75 Å². The zero-order chi connectivity index (χ0) is 15.7. The van der Waals surface area contributed by atoms with Crippen LogP contribution in [0.2, 0.25) is 10.0 Å². The molecular weight excluding hydrogens is 321 g/mol. The Hall–Kier alpha value is -2.30. The summed E-state index contributed by atoms with van der Waals surface area (Å²) in [5.74, 6) is 5.61. The third-order valence-corrected chi connectivity index (χ3v) is 3.77. The Morgan fingerprint density at radius 3 is 2.50 bits per heavy atom. The predicted molar refractivity (Wildman–Crippen MR) is 89.7 cm³/mol. The van der Waals surface area contributed by atoms with E-state index in [4.69, 9.17) is 29.0 Å². The molecular formula is C16H11Cl2N3O. The number of hydrogen-bond donors (Lipinski definition) is 2. The largest absolute Gasteiger partial charge is 0.507 e. The van der Waals surface area contributed by atoms with Crippen LogP contribution in [0.25, 0.3) is 10.9 Å². The minimum atomic E-state index is 0.0486. The molecule has 0 bridgehead atoms. The molecule has 3 rings (SSSR count). The first kappa shape index (κ1) is 14.6. The van der Waals surface area contributed by atoms with Crippen molar-refractivity contribution in [2.24, 2.45) is 10.9 Å². The number of pyridine rings is 1. The highest BCUT2D eigenvalue weighted by atomic mass is 35.5. The molecule has 1 aromatic heterocycles. The smallest absolute Gasteiger partial charge is 0.125 e. The molecule has 4 nitrogen and oxygen atoms in total. The number of halogens is 2. The number of hydrazone groups is 1. The van der Waals surface area contributed by atoms with Gasteiger partial charge in [-0.2, -0.15) is 5.10 Å². The molecule has 0 aliphatic carbocycles. The number of benzene rings is 2. The first-order valence-corrected chi connectivity index (χ1v) is 7.17. The van der Waals surface area contributed by atoms with Crippen LogP contribution in [0.15, 0.2) is 53.8 Å². The van der Waals surface area contributed by atoms with Crippen LogP contribution in [0.3, 0.4) is 0 Å². The Kier molecular flexibility index (Phi) is 3.88. The summed E-state index contributed by atoms with van der Waals surface area (Å²) in [4.78, 5) is 4.28. The van der Waals surface area contributed by atoms with Crippen molar-refractivity contribution in [3.05, 3.63) is 69.8 Å². The van der Waals surface area contributed by atoms with Crippen molar-refractivity contribution in [3.63, 3.8) is 0 Å². The molecule has 0 spiro atoms. The lowest BCUT2D eigenvalue weighted by Gasteiger charge is -2.11. The van der Waals surface area contributed by atoms with E-state index in [1.165, 1.54) is 6.07 Å². The maximum atomic E-state index is 10.1. The average Bonchev–Trinajstić information content (AvgIpc) is 2.51. The van der Waals surface area contributed by atoms with E-state index in [1.807, 2.05) is 6.07 Å². The molecule has 0 radical (unpaired) electrons. The van der Waals surface area contributed by atoms with Gasteiger partial charge in [-0.3, -0.25) is 4.98 Å². The van der Waals surface area contributed by atoms with Gasteiger partial charge in [0.05, 0.1) is 5.52 Å². The zero-order valence-corrected chi connectivity index (χ0v) is 12.8. The van der Waals surface area contributed by atoms with E-state index in [0.717, 1.165) is 10.9 Å². The fourth-order valence-corrected chi connectivity index (χ4v) is 2.65. The Morgan fingerprint density at radius 2 is 1.73 bits per heavy atom. The second kappa shape index (κ2) is 5.83. The number of nitrogens with zero attached hydrogens (tertiary/aromatic N) is 2. The molecule has 0 aliphatic heterocycles. The summed E-state index contributed by atoms with van der Waals surface area (Å²) in [6.45, 7) is 0. The molecule has 0 saturated heterocycles. The summed E-state index contributed by atoms with van der Waals surface area (Å²) in [5, 5.41) is 15.8. The molecule has 0 aliphatic rings. The highest BCUT2D eigenvalue weighted by molar-refractivity contribution is 6.32. The highest BCUT2D eigenvalue weighted by Crippen LogP contribution is 2.28. The monoisotopic (exact) mass is 331 g/mol. The van der Waals surface area contributed by atoms with Gasteiger partial charge in [-0.25, -0.2) is 0 Å². The minimum Gasteiger partial charge on any atom is -0.507 e. The molecule has 22 heavy (non-hydrogen) atoms. The first-order chi connectivity index (χ1) is 10.6. The number of rotatable bonds is 2. The van der Waals surface area contributed by atoms with E-state index >= 15 is 0 Å². The van der Waals surface area contributed by atoms with E-state index in [9.17, 15) is 5.11 Å². The van der Waals surface area contributed by atoms with Gasteiger partial charge in [-0.1, -0.05) is 29.3 Å². The van der Waals surface area contributed by atoms with Crippen molar-refractivity contribution < 1.29 is 5.11 Å². The molecule has 3 aromatic rings. The van der Waals surface area contributed by atoms with Gasteiger partial charge >= 0.3 is 0 Å². The molecule has 0 unspecified atom stereocenters. The highest BCUT2D eigenvalue weighted by Gasteiger charge is 2.15. The van der Waals surface area contributed by atoms with Gasteiger partial charge in [0.15, 0.2) is 0 Å². The Balaban J connectivity index is 2.26. The molecule has 0 fully saturated rings. The molecule has 0 saturated carbocycles. The zero-order valence-electron chi connectivity index (χ0n) is 11.3. The molecule has 0 amide bonds. The molecule has 110 valence electrons. The Morgan fingerprint density at radius 1 is 1.00 bits per heavy atom. The fraction of sp³-hybridized carbons (Fsp3) is 0. The summed E-state index contributed by atoms with van der Waals surface area (Å²) >= 11 is 12.0. The lowest BCUT2D eigenvalue weighted by molar-refractivity contribution is 0.474. The maximum absolute atomic E-state index is 10.1. The van der Waals surface area contributed by atoms with Gasteiger partial charge < -0.3 is 10.9 Å². The van der Waals surface area contributed by atoms with Crippen LogP contribution in [-0.2, 0) is 0 Å². The summed E-state index contributed by atoms with van der Waals surface area (Å²) < 4.78 is 0. The summed E-state index contributed by atoms with van der Waals surface area (Å²) in [7, 11) is 0. The lowest BCUT2D eigenvalue weighted by Crippen LogP contribution is -2.08. The van der Waals surface area contributed by atoms with Crippen LogP contribution in [0.5, 0.6) is 5.75 Å². The Bertz CT molecular complexity index is 894. The topological polar surface area (TPSA) is 71.5 Å². The van der Waals surface area contributed by atoms with Crippen molar-refractivity contribution in [1.82, 2.24) is 4.98 Å². The number of phenolic OH excluding ortho intramolecular Hbond substituents is 1. The van der Waals surface area contributed by atoms with Crippen molar-refractivity contribution in [2.45, 2.75) is 0 Å². The Labute approximate surface area is 136 Å².